The molecule has 0 radical (unpaired) electrons. The van der Waals surface area contributed by atoms with E-state index >= 15 is 0 Å². The minimum atomic E-state index is 0.156. The van der Waals surface area contributed by atoms with Gasteiger partial charge in [0, 0.05) is 25.3 Å². The topological polar surface area (TPSA) is 72.2 Å². The maximum absolute atomic E-state index is 11.4. The van der Waals surface area contributed by atoms with E-state index in [9.17, 15) is 9.59 Å². The van der Waals surface area contributed by atoms with Crippen molar-refractivity contribution in [2.75, 3.05) is 13.1 Å². The Hall–Kier alpha value is -0.900. The fraction of sp³-hybridized carbons (Fsp3) is 0.889. The molecule has 1 amide bonds. The number of carbonyl (C=O) groups excluding carboxylic acids is 2. The van der Waals surface area contributed by atoms with Gasteiger partial charge in [0.1, 0.15) is 5.78 Å². The average Bonchev–Trinajstić information content (AvgIpc) is 2.49. The Morgan fingerprint density at radius 3 is 1.95 bits per heavy atom. The number of ketones is 1. The largest absolute Gasteiger partial charge is 0.356 e. The van der Waals surface area contributed by atoms with Gasteiger partial charge in [0.05, 0.1) is 0 Å². The van der Waals surface area contributed by atoms with Gasteiger partial charge in [-0.25, -0.2) is 0 Å². The van der Waals surface area contributed by atoms with Crippen molar-refractivity contribution in [1.82, 2.24) is 5.32 Å². The Labute approximate surface area is 136 Å². The monoisotopic (exact) mass is 312 g/mol. The fourth-order valence-electron chi connectivity index (χ4n) is 2.34. The van der Waals surface area contributed by atoms with Gasteiger partial charge in [0.15, 0.2) is 0 Å². The molecule has 0 fully saturated rings. The van der Waals surface area contributed by atoms with E-state index in [1.165, 1.54) is 25.7 Å². The van der Waals surface area contributed by atoms with Crippen molar-refractivity contribution >= 4 is 11.7 Å². The van der Waals surface area contributed by atoms with Gasteiger partial charge in [-0.2, -0.15) is 0 Å². The number of rotatable bonds is 15. The summed E-state index contributed by atoms with van der Waals surface area (Å²) >= 11 is 0. The molecule has 0 unspecified atom stereocenters. The predicted octanol–water partition coefficient (Wildman–Crippen LogP) is 3.58. The van der Waals surface area contributed by atoms with Crippen LogP contribution in [0.2, 0.25) is 0 Å². The molecule has 22 heavy (non-hydrogen) atoms. The molecular formula is C18H36N2O2. The van der Waals surface area contributed by atoms with Crippen molar-refractivity contribution in [3.63, 3.8) is 0 Å². The van der Waals surface area contributed by atoms with E-state index in [-0.39, 0.29) is 11.8 Å². The first-order valence-electron chi connectivity index (χ1n) is 9.07. The SMILES string of the molecule is CC(C)C(=O)CCCCCCCCCNC(=O)CCCCN. The van der Waals surface area contributed by atoms with Crippen LogP contribution in [0.15, 0.2) is 0 Å². The van der Waals surface area contributed by atoms with Crippen LogP contribution in [-0.4, -0.2) is 24.8 Å². The summed E-state index contributed by atoms with van der Waals surface area (Å²) in [6.07, 6.45) is 11.3. The van der Waals surface area contributed by atoms with Gasteiger partial charge in [-0.05, 0) is 32.2 Å². The van der Waals surface area contributed by atoms with E-state index in [1.807, 2.05) is 13.8 Å². The number of hydrogen-bond donors (Lipinski definition) is 2. The smallest absolute Gasteiger partial charge is 0.219 e. The summed E-state index contributed by atoms with van der Waals surface area (Å²) in [5.41, 5.74) is 5.39. The summed E-state index contributed by atoms with van der Waals surface area (Å²) in [6, 6.07) is 0. The van der Waals surface area contributed by atoms with Crippen molar-refractivity contribution in [3.8, 4) is 0 Å². The normalized spacial score (nSPS) is 10.9. The molecule has 0 aliphatic rings. The Morgan fingerprint density at radius 2 is 1.36 bits per heavy atom. The Bertz CT molecular complexity index is 291. The number of hydrogen-bond acceptors (Lipinski definition) is 3. The molecule has 0 saturated heterocycles. The van der Waals surface area contributed by atoms with Crippen LogP contribution >= 0.6 is 0 Å². The zero-order chi connectivity index (χ0) is 16.6. The number of amides is 1. The third-order valence-electron chi connectivity index (χ3n) is 3.92. The Morgan fingerprint density at radius 1 is 0.818 bits per heavy atom. The summed E-state index contributed by atoms with van der Waals surface area (Å²) in [5.74, 6) is 0.732. The lowest BCUT2D eigenvalue weighted by Crippen LogP contribution is -2.24. The number of nitrogens with one attached hydrogen (secondary N) is 1. The van der Waals surface area contributed by atoms with Crippen molar-refractivity contribution < 1.29 is 9.59 Å². The molecule has 0 bridgehead atoms. The van der Waals surface area contributed by atoms with E-state index < -0.39 is 0 Å². The summed E-state index contributed by atoms with van der Waals surface area (Å²) in [7, 11) is 0. The molecule has 4 heteroatoms. The highest BCUT2D eigenvalue weighted by molar-refractivity contribution is 5.80. The van der Waals surface area contributed by atoms with Crippen LogP contribution in [0.3, 0.4) is 0 Å². The number of carbonyl (C=O) groups is 2. The zero-order valence-electron chi connectivity index (χ0n) is 14.7. The van der Waals surface area contributed by atoms with Gasteiger partial charge in [-0.1, -0.05) is 46.0 Å². The van der Waals surface area contributed by atoms with Crippen LogP contribution in [0, 0.1) is 5.92 Å². The van der Waals surface area contributed by atoms with E-state index in [0.29, 0.717) is 18.7 Å². The van der Waals surface area contributed by atoms with Crippen molar-refractivity contribution in [1.29, 1.82) is 0 Å². The lowest BCUT2D eigenvalue weighted by Gasteiger charge is -2.06. The second-order valence-corrected chi connectivity index (χ2v) is 6.44. The molecule has 3 N–H and O–H groups in total. The second kappa shape index (κ2) is 15.0. The average molecular weight is 312 g/mol. The molecule has 130 valence electrons. The van der Waals surface area contributed by atoms with Crippen LogP contribution < -0.4 is 11.1 Å². The van der Waals surface area contributed by atoms with Crippen LogP contribution in [0.4, 0.5) is 0 Å². The number of nitrogens with two attached hydrogens (primary N) is 1. The molecule has 0 saturated carbocycles. The highest BCUT2D eigenvalue weighted by Crippen LogP contribution is 2.10. The quantitative estimate of drug-likeness (QED) is 0.454. The van der Waals surface area contributed by atoms with Gasteiger partial charge in [-0.3, -0.25) is 9.59 Å². The standard InChI is InChI=1S/C18H36N2O2/c1-16(2)17(21)12-8-6-4-3-5-7-11-15-20-18(22)13-9-10-14-19/h16H,3-15,19H2,1-2H3,(H,20,22). The van der Waals surface area contributed by atoms with Gasteiger partial charge < -0.3 is 11.1 Å². The molecule has 0 rings (SSSR count). The lowest BCUT2D eigenvalue weighted by molar-refractivity contribution is -0.122. The maximum Gasteiger partial charge on any atom is 0.219 e. The molecular weight excluding hydrogens is 276 g/mol. The van der Waals surface area contributed by atoms with E-state index in [4.69, 9.17) is 5.73 Å². The first-order valence-corrected chi connectivity index (χ1v) is 9.07. The van der Waals surface area contributed by atoms with E-state index in [2.05, 4.69) is 5.32 Å². The number of unbranched alkanes of at least 4 members (excludes halogenated alkanes) is 7. The number of Topliss-reactive ketones (excluding diaryl/α,β-unsaturated/α-hetero) is 1. The summed E-state index contributed by atoms with van der Waals surface area (Å²) in [5, 5.41) is 2.96. The third-order valence-corrected chi connectivity index (χ3v) is 3.92. The summed E-state index contributed by atoms with van der Waals surface area (Å²) in [4.78, 5) is 22.9. The molecule has 0 atom stereocenters. The van der Waals surface area contributed by atoms with Gasteiger partial charge in [0.2, 0.25) is 5.91 Å². The minimum Gasteiger partial charge on any atom is -0.356 e. The van der Waals surface area contributed by atoms with Crippen molar-refractivity contribution in [3.05, 3.63) is 0 Å². The zero-order valence-corrected chi connectivity index (χ0v) is 14.7. The maximum atomic E-state index is 11.4. The van der Waals surface area contributed by atoms with Crippen LogP contribution in [0.5, 0.6) is 0 Å². The minimum absolute atomic E-state index is 0.156. The van der Waals surface area contributed by atoms with Gasteiger partial charge in [-0.15, -0.1) is 0 Å². The van der Waals surface area contributed by atoms with Gasteiger partial charge in [0.25, 0.3) is 0 Å². The van der Waals surface area contributed by atoms with Gasteiger partial charge >= 0.3 is 0 Å². The van der Waals surface area contributed by atoms with Crippen LogP contribution in [-0.2, 0) is 9.59 Å². The molecule has 0 aliphatic carbocycles. The van der Waals surface area contributed by atoms with Crippen molar-refractivity contribution in [2.45, 2.75) is 84.5 Å². The first-order chi connectivity index (χ1) is 10.6. The molecule has 0 aromatic heterocycles. The summed E-state index contributed by atoms with van der Waals surface area (Å²) in [6.45, 7) is 5.40. The summed E-state index contributed by atoms with van der Waals surface area (Å²) < 4.78 is 0. The third kappa shape index (κ3) is 14.1. The Kier molecular flexibility index (Phi) is 14.4. The van der Waals surface area contributed by atoms with Crippen LogP contribution in [0.1, 0.15) is 84.5 Å². The van der Waals surface area contributed by atoms with Crippen LogP contribution in [0.25, 0.3) is 0 Å². The first kappa shape index (κ1) is 21.1. The lowest BCUT2D eigenvalue weighted by atomic mass is 10.0. The van der Waals surface area contributed by atoms with Crippen molar-refractivity contribution in [2.24, 2.45) is 11.7 Å². The molecule has 4 nitrogen and oxygen atoms in total. The molecule has 0 aromatic carbocycles. The fourth-order valence-corrected chi connectivity index (χ4v) is 2.34. The molecule has 0 aromatic rings. The molecule has 0 aliphatic heterocycles. The second-order valence-electron chi connectivity index (χ2n) is 6.44. The Balaban J connectivity index is 3.20. The predicted molar refractivity (Wildman–Crippen MR) is 92.7 cm³/mol. The molecule has 0 spiro atoms. The van der Waals surface area contributed by atoms with E-state index in [0.717, 1.165) is 45.1 Å². The molecule has 0 heterocycles. The highest BCUT2D eigenvalue weighted by atomic mass is 16.1. The highest BCUT2D eigenvalue weighted by Gasteiger charge is 2.05. The van der Waals surface area contributed by atoms with E-state index in [1.54, 1.807) is 0 Å².